The zero-order valence-electron chi connectivity index (χ0n) is 16.8. The Labute approximate surface area is 175 Å². The molecular weight excluding hydrogens is 394 g/mol. The van der Waals surface area contributed by atoms with Crippen LogP contribution in [0.15, 0.2) is 18.3 Å². The molecule has 4 heterocycles. The molecule has 0 aromatic carbocycles. The van der Waals surface area contributed by atoms with E-state index in [4.69, 9.17) is 21.1 Å². The van der Waals surface area contributed by atoms with Crippen molar-refractivity contribution >= 4 is 23.3 Å². The van der Waals surface area contributed by atoms with Gasteiger partial charge in [0.1, 0.15) is 5.82 Å². The van der Waals surface area contributed by atoms with E-state index in [1.165, 1.54) is 0 Å². The van der Waals surface area contributed by atoms with Crippen molar-refractivity contribution in [2.24, 2.45) is 0 Å². The molecule has 2 aliphatic heterocycles. The highest BCUT2D eigenvalue weighted by Gasteiger charge is 2.26. The summed E-state index contributed by atoms with van der Waals surface area (Å²) in [5, 5.41) is 5.00. The molecule has 2 aromatic heterocycles. The van der Waals surface area contributed by atoms with Gasteiger partial charge in [-0.3, -0.25) is 9.48 Å². The minimum Gasteiger partial charge on any atom is -0.378 e. The molecule has 2 saturated heterocycles. The van der Waals surface area contributed by atoms with Crippen molar-refractivity contribution in [3.05, 3.63) is 40.3 Å². The van der Waals surface area contributed by atoms with E-state index in [1.54, 1.807) is 17.2 Å². The molecule has 2 fully saturated rings. The fraction of sp³-hybridized carbons (Fsp3) is 0.550. The van der Waals surface area contributed by atoms with Gasteiger partial charge in [-0.2, -0.15) is 5.10 Å². The number of aryl methyl sites for hydroxylation is 2. The van der Waals surface area contributed by atoms with Gasteiger partial charge in [0.25, 0.3) is 5.91 Å². The summed E-state index contributed by atoms with van der Waals surface area (Å²) in [4.78, 5) is 21.1. The number of hydrogen-bond donors (Lipinski definition) is 0. The van der Waals surface area contributed by atoms with E-state index in [-0.39, 0.29) is 12.0 Å². The number of morpholine rings is 2. The summed E-state index contributed by atoms with van der Waals surface area (Å²) >= 11 is 6.52. The first-order valence-electron chi connectivity index (χ1n) is 9.91. The van der Waals surface area contributed by atoms with E-state index in [0.717, 1.165) is 11.4 Å². The van der Waals surface area contributed by atoms with Gasteiger partial charge in [0.05, 0.1) is 48.7 Å². The molecule has 2 aliphatic rings. The van der Waals surface area contributed by atoms with E-state index in [0.29, 0.717) is 68.9 Å². The fourth-order valence-electron chi connectivity index (χ4n) is 3.80. The SMILES string of the molecule is Cc1cc(C)n(CC2CN(c3ncc(C(=O)N4CCOCC4)cc3Cl)CCO2)n1. The second-order valence-electron chi connectivity index (χ2n) is 7.48. The molecule has 0 radical (unpaired) electrons. The van der Waals surface area contributed by atoms with Gasteiger partial charge in [0, 0.05) is 38.1 Å². The Hall–Kier alpha value is -2.16. The van der Waals surface area contributed by atoms with Gasteiger partial charge in [-0.1, -0.05) is 11.6 Å². The molecule has 8 nitrogen and oxygen atoms in total. The summed E-state index contributed by atoms with van der Waals surface area (Å²) < 4.78 is 13.2. The lowest BCUT2D eigenvalue weighted by molar-refractivity contribution is 0.0267. The average molecular weight is 420 g/mol. The maximum Gasteiger partial charge on any atom is 0.255 e. The van der Waals surface area contributed by atoms with Crippen LogP contribution in [0.25, 0.3) is 0 Å². The van der Waals surface area contributed by atoms with Crippen molar-refractivity contribution in [3.63, 3.8) is 0 Å². The zero-order chi connectivity index (χ0) is 20.4. The highest BCUT2D eigenvalue weighted by Crippen LogP contribution is 2.26. The average Bonchev–Trinajstić information content (AvgIpc) is 3.04. The van der Waals surface area contributed by atoms with Crippen molar-refractivity contribution < 1.29 is 14.3 Å². The Morgan fingerprint density at radius 2 is 2.00 bits per heavy atom. The summed E-state index contributed by atoms with van der Waals surface area (Å²) in [7, 11) is 0. The number of ether oxygens (including phenoxy) is 2. The third kappa shape index (κ3) is 4.55. The summed E-state index contributed by atoms with van der Waals surface area (Å²) in [6.07, 6.45) is 1.61. The number of hydrogen-bond acceptors (Lipinski definition) is 6. The van der Waals surface area contributed by atoms with Gasteiger partial charge in [-0.15, -0.1) is 0 Å². The molecule has 0 aliphatic carbocycles. The van der Waals surface area contributed by atoms with Crippen LogP contribution in [0.4, 0.5) is 5.82 Å². The lowest BCUT2D eigenvalue weighted by Gasteiger charge is -2.34. The molecule has 1 atom stereocenters. The third-order valence-electron chi connectivity index (χ3n) is 5.29. The van der Waals surface area contributed by atoms with E-state index in [2.05, 4.69) is 21.0 Å². The second-order valence-corrected chi connectivity index (χ2v) is 7.89. The molecule has 4 rings (SSSR count). The summed E-state index contributed by atoms with van der Waals surface area (Å²) in [5.41, 5.74) is 2.62. The van der Waals surface area contributed by atoms with E-state index in [9.17, 15) is 4.79 Å². The maximum atomic E-state index is 12.7. The molecule has 0 bridgehead atoms. The Bertz CT molecular complexity index is 881. The van der Waals surface area contributed by atoms with Crippen molar-refractivity contribution in [2.45, 2.75) is 26.5 Å². The van der Waals surface area contributed by atoms with Gasteiger partial charge in [0.15, 0.2) is 0 Å². The molecule has 9 heteroatoms. The second kappa shape index (κ2) is 8.69. The lowest BCUT2D eigenvalue weighted by Crippen LogP contribution is -2.45. The van der Waals surface area contributed by atoms with Gasteiger partial charge < -0.3 is 19.3 Å². The van der Waals surface area contributed by atoms with Gasteiger partial charge in [-0.05, 0) is 26.0 Å². The van der Waals surface area contributed by atoms with Crippen LogP contribution in [0.3, 0.4) is 0 Å². The van der Waals surface area contributed by atoms with Crippen LogP contribution in [0.1, 0.15) is 21.7 Å². The van der Waals surface area contributed by atoms with Crippen LogP contribution >= 0.6 is 11.6 Å². The Morgan fingerprint density at radius 3 is 2.69 bits per heavy atom. The standard InChI is InChI=1S/C20H26ClN5O3/c1-14-9-15(2)26(23-14)13-17-12-25(5-8-29-17)19-18(21)10-16(11-22-19)20(27)24-3-6-28-7-4-24/h9-11,17H,3-8,12-13H2,1-2H3. The summed E-state index contributed by atoms with van der Waals surface area (Å²) in [6.45, 7) is 9.00. The number of amides is 1. The van der Waals surface area contributed by atoms with Crippen molar-refractivity contribution in [1.29, 1.82) is 0 Å². The number of carbonyl (C=O) groups excluding carboxylic acids is 1. The quantitative estimate of drug-likeness (QED) is 0.754. The topological polar surface area (TPSA) is 72.7 Å². The normalized spacial score (nSPS) is 20.2. The van der Waals surface area contributed by atoms with Gasteiger partial charge in [0.2, 0.25) is 0 Å². The van der Waals surface area contributed by atoms with E-state index < -0.39 is 0 Å². The number of anilines is 1. The van der Waals surface area contributed by atoms with E-state index in [1.807, 2.05) is 18.5 Å². The molecule has 0 saturated carbocycles. The van der Waals surface area contributed by atoms with Crippen LogP contribution in [0, 0.1) is 13.8 Å². The minimum atomic E-state index is -0.0568. The number of nitrogens with zero attached hydrogens (tertiary/aromatic N) is 5. The van der Waals surface area contributed by atoms with Gasteiger partial charge >= 0.3 is 0 Å². The molecule has 2 aromatic rings. The Balaban J connectivity index is 1.44. The first kappa shape index (κ1) is 20.1. The highest BCUT2D eigenvalue weighted by atomic mass is 35.5. The molecule has 1 unspecified atom stereocenters. The predicted octanol–water partition coefficient (Wildman–Crippen LogP) is 1.93. The van der Waals surface area contributed by atoms with Gasteiger partial charge in [-0.25, -0.2) is 4.98 Å². The van der Waals surface area contributed by atoms with Crippen LogP contribution in [0.5, 0.6) is 0 Å². The Kier molecular flexibility index (Phi) is 6.03. The van der Waals surface area contributed by atoms with Crippen LogP contribution in [-0.4, -0.2) is 77.7 Å². The van der Waals surface area contributed by atoms with Crippen LogP contribution in [-0.2, 0) is 16.0 Å². The maximum absolute atomic E-state index is 12.7. The van der Waals surface area contributed by atoms with E-state index >= 15 is 0 Å². The molecule has 0 spiro atoms. The number of carbonyl (C=O) groups is 1. The molecule has 156 valence electrons. The summed E-state index contributed by atoms with van der Waals surface area (Å²) in [6, 6.07) is 3.77. The Morgan fingerprint density at radius 1 is 1.21 bits per heavy atom. The predicted molar refractivity (Wildman–Crippen MR) is 110 cm³/mol. The number of rotatable bonds is 4. The van der Waals surface area contributed by atoms with Crippen molar-refractivity contribution in [3.8, 4) is 0 Å². The fourth-order valence-corrected chi connectivity index (χ4v) is 4.09. The monoisotopic (exact) mass is 419 g/mol. The number of halogens is 1. The molecular formula is C20H26ClN5O3. The number of aromatic nitrogens is 3. The minimum absolute atomic E-state index is 0.00530. The first-order chi connectivity index (χ1) is 14.0. The molecule has 29 heavy (non-hydrogen) atoms. The smallest absolute Gasteiger partial charge is 0.255 e. The first-order valence-corrected chi connectivity index (χ1v) is 10.3. The molecule has 1 amide bonds. The summed E-state index contributed by atoms with van der Waals surface area (Å²) in [5.74, 6) is 0.630. The highest BCUT2D eigenvalue weighted by molar-refractivity contribution is 6.33. The van der Waals surface area contributed by atoms with Crippen LogP contribution < -0.4 is 4.90 Å². The zero-order valence-corrected chi connectivity index (χ0v) is 17.6. The lowest BCUT2D eigenvalue weighted by atomic mass is 10.2. The number of pyridine rings is 1. The largest absolute Gasteiger partial charge is 0.378 e. The van der Waals surface area contributed by atoms with Crippen molar-refractivity contribution in [2.75, 3.05) is 50.9 Å². The molecule has 0 N–H and O–H groups in total. The van der Waals surface area contributed by atoms with Crippen molar-refractivity contribution in [1.82, 2.24) is 19.7 Å². The third-order valence-corrected chi connectivity index (χ3v) is 5.56. The van der Waals surface area contributed by atoms with Crippen LogP contribution in [0.2, 0.25) is 5.02 Å².